The normalized spacial score (nSPS) is 9.38. The second-order valence-corrected chi connectivity index (χ2v) is 3.38. The third-order valence-corrected chi connectivity index (χ3v) is 2.36. The quantitative estimate of drug-likeness (QED) is 0.802. The van der Waals surface area contributed by atoms with Crippen molar-refractivity contribution in [1.82, 2.24) is 0 Å². The number of esters is 1. The summed E-state index contributed by atoms with van der Waals surface area (Å²) in [7, 11) is 1.41. The molecular weight excluding hydrogens is 226 g/mol. The maximum atomic E-state index is 11.0. The number of hydrogen-bond donors (Lipinski definition) is 1. The first kappa shape index (κ1) is 14.9. The third kappa shape index (κ3) is 4.64. The average Bonchev–Trinajstić information content (AvgIpc) is 2.28. The van der Waals surface area contributed by atoms with Crippen LogP contribution in [0, 0.1) is 0 Å². The van der Waals surface area contributed by atoms with Gasteiger partial charge < -0.3 is 10.5 Å². The number of ether oxygens (including phenoxy) is 1. The van der Waals surface area contributed by atoms with Crippen molar-refractivity contribution in [2.24, 2.45) is 5.73 Å². The molecule has 1 aromatic carbocycles. The van der Waals surface area contributed by atoms with Crippen molar-refractivity contribution in [2.45, 2.75) is 19.3 Å². The molecule has 0 bridgehead atoms. The van der Waals surface area contributed by atoms with Crippen LogP contribution in [0.1, 0.15) is 17.5 Å². The molecule has 16 heavy (non-hydrogen) atoms. The Hall–Kier alpha value is -1.06. The largest absolute Gasteiger partial charge is 0.469 e. The Balaban J connectivity index is 0.00000225. The van der Waals surface area contributed by atoms with Gasteiger partial charge in [0.1, 0.15) is 0 Å². The van der Waals surface area contributed by atoms with Crippen molar-refractivity contribution < 1.29 is 9.53 Å². The minimum absolute atomic E-state index is 0. The van der Waals surface area contributed by atoms with Gasteiger partial charge in [-0.25, -0.2) is 0 Å². The number of aryl methyl sites for hydroxylation is 1. The lowest BCUT2D eigenvalue weighted by Crippen LogP contribution is -2.07. The second-order valence-electron chi connectivity index (χ2n) is 3.38. The maximum absolute atomic E-state index is 11.0. The summed E-state index contributed by atoms with van der Waals surface area (Å²) in [6.45, 7) is 0.634. The van der Waals surface area contributed by atoms with Crippen molar-refractivity contribution in [3.05, 3.63) is 35.4 Å². The Labute approximate surface area is 102 Å². The Morgan fingerprint density at radius 2 is 1.81 bits per heavy atom. The number of carbonyl (C=O) groups is 1. The Bertz CT molecular complexity index is 329. The predicted molar refractivity (Wildman–Crippen MR) is 66.8 cm³/mol. The number of rotatable bonds is 5. The van der Waals surface area contributed by atoms with Gasteiger partial charge in [0.2, 0.25) is 0 Å². The minimum atomic E-state index is -0.169. The van der Waals surface area contributed by atoms with Gasteiger partial charge in [0.15, 0.2) is 0 Å². The van der Waals surface area contributed by atoms with Crippen LogP contribution in [0.15, 0.2) is 24.3 Å². The molecule has 0 aliphatic carbocycles. The Morgan fingerprint density at radius 3 is 2.31 bits per heavy atom. The van der Waals surface area contributed by atoms with E-state index in [1.54, 1.807) is 0 Å². The van der Waals surface area contributed by atoms with Gasteiger partial charge in [-0.3, -0.25) is 4.79 Å². The third-order valence-electron chi connectivity index (χ3n) is 2.36. The van der Waals surface area contributed by atoms with E-state index in [0.717, 1.165) is 12.8 Å². The zero-order valence-electron chi connectivity index (χ0n) is 9.44. The highest BCUT2D eigenvalue weighted by atomic mass is 35.5. The number of nitrogens with two attached hydrogens (primary N) is 1. The monoisotopic (exact) mass is 243 g/mol. The van der Waals surface area contributed by atoms with Crippen LogP contribution in [0.25, 0.3) is 0 Å². The maximum Gasteiger partial charge on any atom is 0.305 e. The van der Waals surface area contributed by atoms with Crippen molar-refractivity contribution in [1.29, 1.82) is 0 Å². The molecule has 0 heterocycles. The molecule has 0 aromatic heterocycles. The van der Waals surface area contributed by atoms with Crippen molar-refractivity contribution in [2.75, 3.05) is 13.7 Å². The molecule has 0 aliphatic heterocycles. The summed E-state index contributed by atoms with van der Waals surface area (Å²) in [4.78, 5) is 11.0. The van der Waals surface area contributed by atoms with Crippen LogP contribution < -0.4 is 5.73 Å². The van der Waals surface area contributed by atoms with Crippen LogP contribution in [0.3, 0.4) is 0 Å². The standard InChI is InChI=1S/C12H17NO2.ClH/c1-15-12(14)7-6-10-4-2-3-5-11(10)8-9-13;/h2-5H,6-9,13H2,1H3;1H. The van der Waals surface area contributed by atoms with E-state index < -0.39 is 0 Å². The predicted octanol–water partition coefficient (Wildman–Crippen LogP) is 1.72. The van der Waals surface area contributed by atoms with E-state index in [1.807, 2.05) is 18.2 Å². The summed E-state index contributed by atoms with van der Waals surface area (Å²) in [6.07, 6.45) is 2.01. The lowest BCUT2D eigenvalue weighted by molar-refractivity contribution is -0.140. The van der Waals surface area contributed by atoms with Crippen molar-refractivity contribution in [3.8, 4) is 0 Å². The van der Waals surface area contributed by atoms with Gasteiger partial charge in [-0.1, -0.05) is 24.3 Å². The number of carbonyl (C=O) groups excluding carboxylic acids is 1. The highest BCUT2D eigenvalue weighted by molar-refractivity contribution is 5.85. The van der Waals surface area contributed by atoms with Gasteiger partial charge in [0, 0.05) is 6.42 Å². The topological polar surface area (TPSA) is 52.3 Å². The number of methoxy groups -OCH3 is 1. The zero-order valence-corrected chi connectivity index (χ0v) is 10.3. The van der Waals surface area contributed by atoms with Gasteiger partial charge in [-0.15, -0.1) is 12.4 Å². The van der Waals surface area contributed by atoms with Crippen LogP contribution in [-0.2, 0) is 22.4 Å². The lowest BCUT2D eigenvalue weighted by atomic mass is 10.0. The fourth-order valence-corrected chi connectivity index (χ4v) is 1.54. The van der Waals surface area contributed by atoms with E-state index in [2.05, 4.69) is 10.8 Å². The number of halogens is 1. The average molecular weight is 244 g/mol. The smallest absolute Gasteiger partial charge is 0.305 e. The van der Waals surface area contributed by atoms with Gasteiger partial charge in [-0.05, 0) is 30.5 Å². The molecule has 0 spiro atoms. The highest BCUT2D eigenvalue weighted by Crippen LogP contribution is 2.11. The van der Waals surface area contributed by atoms with Gasteiger partial charge in [0.25, 0.3) is 0 Å². The van der Waals surface area contributed by atoms with Gasteiger partial charge >= 0.3 is 5.97 Å². The van der Waals surface area contributed by atoms with E-state index in [4.69, 9.17) is 5.73 Å². The minimum Gasteiger partial charge on any atom is -0.469 e. The van der Waals surface area contributed by atoms with Crippen LogP contribution in [-0.4, -0.2) is 19.6 Å². The van der Waals surface area contributed by atoms with E-state index in [0.29, 0.717) is 13.0 Å². The summed E-state index contributed by atoms with van der Waals surface area (Å²) < 4.78 is 4.61. The van der Waals surface area contributed by atoms with E-state index in [9.17, 15) is 4.79 Å². The molecule has 0 radical (unpaired) electrons. The summed E-state index contributed by atoms with van der Waals surface area (Å²) in [5, 5.41) is 0. The summed E-state index contributed by atoms with van der Waals surface area (Å²) in [5.41, 5.74) is 7.93. The Kier molecular flexibility index (Phi) is 7.60. The molecule has 3 nitrogen and oxygen atoms in total. The molecule has 1 aromatic rings. The fourth-order valence-electron chi connectivity index (χ4n) is 1.54. The van der Waals surface area contributed by atoms with Crippen molar-refractivity contribution in [3.63, 3.8) is 0 Å². The molecule has 0 unspecified atom stereocenters. The molecule has 0 saturated heterocycles. The van der Waals surface area contributed by atoms with Gasteiger partial charge in [-0.2, -0.15) is 0 Å². The van der Waals surface area contributed by atoms with E-state index >= 15 is 0 Å². The summed E-state index contributed by atoms with van der Waals surface area (Å²) >= 11 is 0. The summed E-state index contributed by atoms with van der Waals surface area (Å²) in [6, 6.07) is 8.06. The lowest BCUT2D eigenvalue weighted by Gasteiger charge is -2.07. The summed E-state index contributed by atoms with van der Waals surface area (Å²) in [5.74, 6) is -0.169. The molecule has 2 N–H and O–H groups in total. The molecule has 1 rings (SSSR count). The molecule has 0 saturated carbocycles. The van der Waals surface area contributed by atoms with Crippen LogP contribution in [0.5, 0.6) is 0 Å². The molecular formula is C12H18ClNO2. The number of benzene rings is 1. The van der Waals surface area contributed by atoms with Crippen LogP contribution in [0.4, 0.5) is 0 Å². The highest BCUT2D eigenvalue weighted by Gasteiger charge is 2.04. The van der Waals surface area contributed by atoms with Crippen molar-refractivity contribution >= 4 is 18.4 Å². The molecule has 0 aliphatic rings. The Morgan fingerprint density at radius 1 is 1.25 bits per heavy atom. The van der Waals surface area contributed by atoms with Crippen LogP contribution in [0.2, 0.25) is 0 Å². The first-order valence-corrected chi connectivity index (χ1v) is 5.11. The van der Waals surface area contributed by atoms with E-state index in [-0.39, 0.29) is 18.4 Å². The molecule has 4 heteroatoms. The molecule has 0 atom stereocenters. The van der Waals surface area contributed by atoms with Gasteiger partial charge in [0.05, 0.1) is 7.11 Å². The van der Waals surface area contributed by atoms with Crippen LogP contribution >= 0.6 is 12.4 Å². The SMILES string of the molecule is COC(=O)CCc1ccccc1CCN.Cl. The molecule has 0 fully saturated rings. The first-order chi connectivity index (χ1) is 7.27. The second kappa shape index (κ2) is 8.13. The molecule has 0 amide bonds. The van der Waals surface area contributed by atoms with E-state index in [1.165, 1.54) is 18.2 Å². The molecule has 90 valence electrons. The first-order valence-electron chi connectivity index (χ1n) is 5.11. The number of hydrogen-bond acceptors (Lipinski definition) is 3. The zero-order chi connectivity index (χ0) is 11.1. The fraction of sp³-hybridized carbons (Fsp3) is 0.417.